The van der Waals surface area contributed by atoms with Crippen LogP contribution in [0.1, 0.15) is 84.3 Å². The molecule has 128 valence electrons. The first kappa shape index (κ1) is 17.8. The van der Waals surface area contributed by atoms with Crippen molar-refractivity contribution >= 4 is 5.97 Å². The molecule has 1 aromatic carbocycles. The van der Waals surface area contributed by atoms with Gasteiger partial charge in [-0.05, 0) is 35.8 Å². The average Bonchev–Trinajstić information content (AvgIpc) is 2.48. The first-order valence-corrected chi connectivity index (χ1v) is 8.76. The lowest BCUT2D eigenvalue weighted by Crippen LogP contribution is -2.26. The van der Waals surface area contributed by atoms with E-state index in [2.05, 4.69) is 27.7 Å². The van der Waals surface area contributed by atoms with Gasteiger partial charge in [-0.3, -0.25) is 4.79 Å². The molecule has 0 aliphatic heterocycles. The second-order valence-electron chi connectivity index (χ2n) is 8.07. The number of benzene rings is 1. The van der Waals surface area contributed by atoms with Crippen molar-refractivity contribution in [3.8, 4) is 11.5 Å². The van der Waals surface area contributed by atoms with Gasteiger partial charge in [0.25, 0.3) is 0 Å². The fourth-order valence-corrected chi connectivity index (χ4v) is 3.50. The zero-order valence-corrected chi connectivity index (χ0v) is 15.2. The molecule has 0 bridgehead atoms. The van der Waals surface area contributed by atoms with Gasteiger partial charge >= 0.3 is 5.97 Å². The molecule has 1 fully saturated rings. The van der Waals surface area contributed by atoms with E-state index in [-0.39, 0.29) is 16.8 Å². The number of phenols is 1. The molecule has 3 heteroatoms. The summed E-state index contributed by atoms with van der Waals surface area (Å²) in [5.74, 6) is 0.690. The van der Waals surface area contributed by atoms with Crippen LogP contribution in [0.3, 0.4) is 0 Å². The highest BCUT2D eigenvalue weighted by Crippen LogP contribution is 2.47. The molecule has 0 saturated heterocycles. The molecule has 0 atom stereocenters. The summed E-state index contributed by atoms with van der Waals surface area (Å²) in [4.78, 5) is 11.7. The summed E-state index contributed by atoms with van der Waals surface area (Å²) in [5, 5.41) is 10.9. The minimum absolute atomic E-state index is 0.0447. The van der Waals surface area contributed by atoms with Crippen LogP contribution in [0, 0.1) is 0 Å². The maximum Gasteiger partial charge on any atom is 0.310 e. The van der Waals surface area contributed by atoms with Gasteiger partial charge in [0.2, 0.25) is 0 Å². The highest BCUT2D eigenvalue weighted by molar-refractivity contribution is 5.72. The number of rotatable bonds is 3. The molecule has 1 N–H and O–H groups in total. The Kier molecular flexibility index (Phi) is 5.07. The summed E-state index contributed by atoms with van der Waals surface area (Å²) in [6.07, 6.45) is 6.09. The highest BCUT2D eigenvalue weighted by Gasteiger charge is 2.34. The molecule has 2 rings (SSSR count). The van der Waals surface area contributed by atoms with Crippen molar-refractivity contribution in [3.05, 3.63) is 23.3 Å². The van der Waals surface area contributed by atoms with Crippen LogP contribution in [-0.2, 0) is 15.6 Å². The molecule has 3 nitrogen and oxygen atoms in total. The van der Waals surface area contributed by atoms with Gasteiger partial charge in [0.1, 0.15) is 11.5 Å². The third-order valence-electron chi connectivity index (χ3n) is 5.02. The molecule has 0 aromatic heterocycles. The Bertz CT molecular complexity index is 575. The van der Waals surface area contributed by atoms with Crippen LogP contribution < -0.4 is 4.74 Å². The monoisotopic (exact) mass is 318 g/mol. The van der Waals surface area contributed by atoms with Gasteiger partial charge in [0.15, 0.2) is 0 Å². The first-order chi connectivity index (χ1) is 10.7. The van der Waals surface area contributed by atoms with Crippen LogP contribution in [0.25, 0.3) is 0 Å². The molecule has 0 spiro atoms. The predicted octanol–water partition coefficient (Wildman–Crippen LogP) is 5.23. The summed E-state index contributed by atoms with van der Waals surface area (Å²) >= 11 is 0. The highest BCUT2D eigenvalue weighted by atomic mass is 16.5. The lowest BCUT2D eigenvalue weighted by Gasteiger charge is -2.36. The summed E-state index contributed by atoms with van der Waals surface area (Å²) in [7, 11) is 0. The Morgan fingerprint density at radius 1 is 1.22 bits per heavy atom. The molecule has 0 unspecified atom stereocenters. The molecule has 0 radical (unpaired) electrons. The summed E-state index contributed by atoms with van der Waals surface area (Å²) < 4.78 is 5.48. The van der Waals surface area contributed by atoms with E-state index < -0.39 is 0 Å². The number of hydrogen-bond acceptors (Lipinski definition) is 3. The number of ether oxygens (including phenoxy) is 1. The Morgan fingerprint density at radius 3 is 2.35 bits per heavy atom. The largest absolute Gasteiger partial charge is 0.507 e. The number of hydrogen-bond donors (Lipinski definition) is 1. The van der Waals surface area contributed by atoms with Crippen LogP contribution in [0.4, 0.5) is 0 Å². The SMILES string of the molecule is CCC(=O)Oc1cc(C(C)(C)C)c(O)c(C2(C)CCCCC2)c1. The van der Waals surface area contributed by atoms with Crippen molar-refractivity contribution in [1.82, 2.24) is 0 Å². The Labute approximate surface area is 140 Å². The lowest BCUT2D eigenvalue weighted by molar-refractivity contribution is -0.134. The van der Waals surface area contributed by atoms with Gasteiger partial charge in [0, 0.05) is 17.5 Å². The van der Waals surface area contributed by atoms with Crippen molar-refractivity contribution in [2.24, 2.45) is 0 Å². The predicted molar refractivity (Wildman–Crippen MR) is 93.2 cm³/mol. The second-order valence-corrected chi connectivity index (χ2v) is 8.07. The second kappa shape index (κ2) is 6.54. The van der Waals surface area contributed by atoms with Crippen molar-refractivity contribution in [3.63, 3.8) is 0 Å². The zero-order valence-electron chi connectivity index (χ0n) is 15.2. The van der Waals surface area contributed by atoms with E-state index in [1.807, 2.05) is 12.1 Å². The molecule has 23 heavy (non-hydrogen) atoms. The first-order valence-electron chi connectivity index (χ1n) is 8.76. The van der Waals surface area contributed by atoms with Gasteiger partial charge in [-0.15, -0.1) is 0 Å². The van der Waals surface area contributed by atoms with E-state index in [4.69, 9.17) is 4.74 Å². The van der Waals surface area contributed by atoms with Gasteiger partial charge in [0.05, 0.1) is 0 Å². The van der Waals surface area contributed by atoms with Crippen molar-refractivity contribution in [1.29, 1.82) is 0 Å². The van der Waals surface area contributed by atoms with Gasteiger partial charge < -0.3 is 9.84 Å². The van der Waals surface area contributed by atoms with Crippen LogP contribution in [-0.4, -0.2) is 11.1 Å². The fourth-order valence-electron chi connectivity index (χ4n) is 3.50. The van der Waals surface area contributed by atoms with Crippen LogP contribution in [0.5, 0.6) is 11.5 Å². The molecule has 1 aliphatic carbocycles. The van der Waals surface area contributed by atoms with E-state index in [9.17, 15) is 9.90 Å². The molecule has 0 amide bonds. The third kappa shape index (κ3) is 3.88. The van der Waals surface area contributed by atoms with E-state index >= 15 is 0 Å². The van der Waals surface area contributed by atoms with Crippen LogP contribution in [0.2, 0.25) is 0 Å². The van der Waals surface area contributed by atoms with E-state index in [0.29, 0.717) is 17.9 Å². The fraction of sp³-hybridized carbons (Fsp3) is 0.650. The van der Waals surface area contributed by atoms with Gasteiger partial charge in [-0.1, -0.05) is 53.9 Å². The molecular weight excluding hydrogens is 288 g/mol. The Morgan fingerprint density at radius 2 is 1.83 bits per heavy atom. The molecule has 1 aliphatic rings. The van der Waals surface area contributed by atoms with E-state index in [1.54, 1.807) is 6.92 Å². The van der Waals surface area contributed by atoms with Gasteiger partial charge in [-0.2, -0.15) is 0 Å². The lowest BCUT2D eigenvalue weighted by atomic mass is 9.69. The summed E-state index contributed by atoms with van der Waals surface area (Å²) in [6, 6.07) is 3.70. The minimum atomic E-state index is -0.240. The van der Waals surface area contributed by atoms with Gasteiger partial charge in [-0.25, -0.2) is 0 Å². The summed E-state index contributed by atoms with van der Waals surface area (Å²) in [6.45, 7) is 10.2. The smallest absolute Gasteiger partial charge is 0.310 e. The van der Waals surface area contributed by atoms with E-state index in [0.717, 1.165) is 24.0 Å². The standard InChI is InChI=1S/C20H30O3/c1-6-17(21)23-14-12-15(19(2,3)4)18(22)16(13-14)20(5)10-8-7-9-11-20/h12-13,22H,6-11H2,1-5H3. The Balaban J connectivity index is 2.55. The zero-order chi connectivity index (χ0) is 17.3. The summed E-state index contributed by atoms with van der Waals surface area (Å²) in [5.41, 5.74) is 1.53. The molecule has 1 aromatic rings. The van der Waals surface area contributed by atoms with Crippen LogP contribution in [0.15, 0.2) is 12.1 Å². The number of phenolic OH excluding ortho intramolecular Hbond substituents is 1. The maximum atomic E-state index is 11.7. The third-order valence-corrected chi connectivity index (χ3v) is 5.02. The molecular formula is C20H30O3. The Hall–Kier alpha value is -1.51. The van der Waals surface area contributed by atoms with Crippen LogP contribution >= 0.6 is 0 Å². The number of carbonyl (C=O) groups is 1. The number of aromatic hydroxyl groups is 1. The number of esters is 1. The van der Waals surface area contributed by atoms with E-state index in [1.165, 1.54) is 19.3 Å². The van der Waals surface area contributed by atoms with Crippen molar-refractivity contribution in [2.75, 3.05) is 0 Å². The molecule has 0 heterocycles. The maximum absolute atomic E-state index is 11.7. The van der Waals surface area contributed by atoms with Crippen molar-refractivity contribution < 1.29 is 14.6 Å². The normalized spacial score (nSPS) is 17.8. The minimum Gasteiger partial charge on any atom is -0.507 e. The quantitative estimate of drug-likeness (QED) is 0.613. The van der Waals surface area contributed by atoms with Crippen molar-refractivity contribution in [2.45, 2.75) is 84.0 Å². The number of carbonyl (C=O) groups excluding carboxylic acids is 1. The topological polar surface area (TPSA) is 46.5 Å². The average molecular weight is 318 g/mol. The molecule has 1 saturated carbocycles.